The molecule has 2 aliphatic rings. The fourth-order valence-corrected chi connectivity index (χ4v) is 4.70. The van der Waals surface area contributed by atoms with Gasteiger partial charge in [-0.1, -0.05) is 49.9 Å². The van der Waals surface area contributed by atoms with E-state index >= 15 is 0 Å². The van der Waals surface area contributed by atoms with Crippen molar-refractivity contribution in [3.05, 3.63) is 65.5 Å². The molecule has 0 spiro atoms. The summed E-state index contributed by atoms with van der Waals surface area (Å²) in [7, 11) is 1.60. The van der Waals surface area contributed by atoms with Gasteiger partial charge in [0.2, 0.25) is 5.91 Å². The summed E-state index contributed by atoms with van der Waals surface area (Å²) in [5.41, 5.74) is 1.56. The standard InChI is InChI=1S/C25H29FN2O3/c1-31-22-14-10-19(11-15-22)24-25(30)27(21-6-4-2-3-5-7-21)17-23(29)28(24)16-18-8-12-20(26)13-9-18/h8-15,21,24H,2-7,16-17H2,1H3/t24-/m0/s1. The van der Waals surface area contributed by atoms with Gasteiger partial charge in [0.05, 0.1) is 7.11 Å². The number of halogens is 1. The van der Waals surface area contributed by atoms with Gasteiger partial charge in [0.25, 0.3) is 5.91 Å². The van der Waals surface area contributed by atoms with Gasteiger partial charge in [-0.05, 0) is 48.2 Å². The summed E-state index contributed by atoms with van der Waals surface area (Å²) in [4.78, 5) is 30.5. The fourth-order valence-electron chi connectivity index (χ4n) is 4.70. The van der Waals surface area contributed by atoms with Gasteiger partial charge < -0.3 is 14.5 Å². The number of ether oxygens (including phenoxy) is 1. The highest BCUT2D eigenvalue weighted by atomic mass is 19.1. The summed E-state index contributed by atoms with van der Waals surface area (Å²) < 4.78 is 18.6. The van der Waals surface area contributed by atoms with Crippen LogP contribution >= 0.6 is 0 Å². The monoisotopic (exact) mass is 424 g/mol. The summed E-state index contributed by atoms with van der Waals surface area (Å²) in [6.07, 6.45) is 6.46. The number of piperazine rings is 1. The predicted molar refractivity (Wildman–Crippen MR) is 116 cm³/mol. The van der Waals surface area contributed by atoms with Crippen molar-refractivity contribution >= 4 is 11.8 Å². The minimum absolute atomic E-state index is 0.0289. The van der Waals surface area contributed by atoms with Crippen molar-refractivity contribution in [2.75, 3.05) is 13.7 Å². The van der Waals surface area contributed by atoms with Crippen LogP contribution in [0.25, 0.3) is 0 Å². The number of carbonyl (C=O) groups is 2. The third kappa shape index (κ3) is 4.73. The quantitative estimate of drug-likeness (QED) is 0.666. The molecular formula is C25H29FN2O3. The average molecular weight is 425 g/mol. The number of hydrogen-bond donors (Lipinski definition) is 0. The first-order valence-electron chi connectivity index (χ1n) is 11.0. The van der Waals surface area contributed by atoms with E-state index in [0.717, 1.165) is 36.8 Å². The Morgan fingerprint density at radius 1 is 0.935 bits per heavy atom. The van der Waals surface area contributed by atoms with E-state index in [1.165, 1.54) is 25.0 Å². The lowest BCUT2D eigenvalue weighted by atomic mass is 9.97. The third-order valence-corrected chi connectivity index (χ3v) is 6.42. The Kier molecular flexibility index (Phi) is 6.54. The molecule has 1 aliphatic heterocycles. The minimum Gasteiger partial charge on any atom is -0.497 e. The number of benzene rings is 2. The van der Waals surface area contributed by atoms with Crippen molar-refractivity contribution in [2.24, 2.45) is 0 Å². The maximum atomic E-state index is 13.7. The topological polar surface area (TPSA) is 49.9 Å². The molecule has 0 radical (unpaired) electrons. The Hall–Kier alpha value is -2.89. The van der Waals surface area contributed by atoms with E-state index in [4.69, 9.17) is 4.74 Å². The number of nitrogens with zero attached hydrogens (tertiary/aromatic N) is 2. The van der Waals surface area contributed by atoms with Crippen LogP contribution in [0.2, 0.25) is 0 Å². The van der Waals surface area contributed by atoms with Crippen molar-refractivity contribution in [1.82, 2.24) is 9.80 Å². The molecule has 4 rings (SSSR count). The summed E-state index contributed by atoms with van der Waals surface area (Å²) in [5, 5.41) is 0. The normalized spacial score (nSPS) is 20.6. The zero-order chi connectivity index (χ0) is 21.8. The molecule has 2 amide bonds. The van der Waals surface area contributed by atoms with Crippen LogP contribution in [-0.4, -0.2) is 41.3 Å². The zero-order valence-electron chi connectivity index (χ0n) is 17.9. The van der Waals surface area contributed by atoms with Crippen LogP contribution in [0.15, 0.2) is 48.5 Å². The molecule has 31 heavy (non-hydrogen) atoms. The van der Waals surface area contributed by atoms with E-state index in [1.807, 2.05) is 29.2 Å². The molecule has 5 nitrogen and oxygen atoms in total. The number of rotatable bonds is 5. The van der Waals surface area contributed by atoms with Gasteiger partial charge in [-0.15, -0.1) is 0 Å². The van der Waals surface area contributed by atoms with Crippen molar-refractivity contribution < 1.29 is 18.7 Å². The van der Waals surface area contributed by atoms with Gasteiger partial charge >= 0.3 is 0 Å². The van der Waals surface area contributed by atoms with E-state index in [0.29, 0.717) is 5.75 Å². The molecule has 164 valence electrons. The number of amides is 2. The van der Waals surface area contributed by atoms with E-state index in [9.17, 15) is 14.0 Å². The lowest BCUT2D eigenvalue weighted by Gasteiger charge is -2.43. The highest BCUT2D eigenvalue weighted by Crippen LogP contribution is 2.33. The zero-order valence-corrected chi connectivity index (χ0v) is 17.9. The van der Waals surface area contributed by atoms with Crippen LogP contribution in [0.4, 0.5) is 4.39 Å². The molecule has 0 unspecified atom stereocenters. The Morgan fingerprint density at radius 3 is 2.19 bits per heavy atom. The Morgan fingerprint density at radius 2 is 1.58 bits per heavy atom. The Labute approximate surface area is 182 Å². The molecule has 1 heterocycles. The molecule has 6 heteroatoms. The second kappa shape index (κ2) is 9.50. The van der Waals surface area contributed by atoms with E-state index < -0.39 is 6.04 Å². The Bertz CT molecular complexity index is 905. The molecule has 2 fully saturated rings. The predicted octanol–water partition coefficient (Wildman–Crippen LogP) is 4.47. The molecule has 0 bridgehead atoms. The molecule has 1 saturated carbocycles. The molecular weight excluding hydrogens is 395 g/mol. The highest BCUT2D eigenvalue weighted by Gasteiger charge is 2.42. The number of carbonyl (C=O) groups excluding carboxylic acids is 2. The van der Waals surface area contributed by atoms with Crippen LogP contribution in [-0.2, 0) is 16.1 Å². The lowest BCUT2D eigenvalue weighted by Crippen LogP contribution is -2.57. The number of methoxy groups -OCH3 is 1. The van der Waals surface area contributed by atoms with Crippen LogP contribution in [0.3, 0.4) is 0 Å². The van der Waals surface area contributed by atoms with Gasteiger partial charge in [-0.3, -0.25) is 9.59 Å². The van der Waals surface area contributed by atoms with Gasteiger partial charge in [-0.25, -0.2) is 4.39 Å². The summed E-state index contributed by atoms with van der Waals surface area (Å²) >= 11 is 0. The van der Waals surface area contributed by atoms with Crippen molar-refractivity contribution in [1.29, 1.82) is 0 Å². The average Bonchev–Trinajstić information content (AvgIpc) is 3.07. The van der Waals surface area contributed by atoms with Gasteiger partial charge in [0.15, 0.2) is 0 Å². The molecule has 2 aromatic rings. The highest BCUT2D eigenvalue weighted by molar-refractivity contribution is 5.95. The molecule has 0 aromatic heterocycles. The van der Waals surface area contributed by atoms with Gasteiger partial charge in [0.1, 0.15) is 24.2 Å². The SMILES string of the molecule is COc1ccc([C@H]2C(=O)N(C3CCCCCC3)CC(=O)N2Cc2ccc(F)cc2)cc1. The van der Waals surface area contributed by atoms with E-state index in [1.54, 1.807) is 24.1 Å². The van der Waals surface area contributed by atoms with Crippen LogP contribution < -0.4 is 4.74 Å². The first kappa shape index (κ1) is 21.3. The molecule has 1 saturated heterocycles. The minimum atomic E-state index is -0.694. The molecule has 1 aliphatic carbocycles. The van der Waals surface area contributed by atoms with Crippen LogP contribution in [0.5, 0.6) is 5.75 Å². The van der Waals surface area contributed by atoms with E-state index in [2.05, 4.69) is 0 Å². The molecule has 1 atom stereocenters. The largest absolute Gasteiger partial charge is 0.497 e. The van der Waals surface area contributed by atoms with Gasteiger partial charge in [0, 0.05) is 12.6 Å². The maximum Gasteiger partial charge on any atom is 0.250 e. The van der Waals surface area contributed by atoms with E-state index in [-0.39, 0.29) is 36.8 Å². The smallest absolute Gasteiger partial charge is 0.250 e. The van der Waals surface area contributed by atoms with Crippen LogP contribution in [0, 0.1) is 5.82 Å². The fraction of sp³-hybridized carbons (Fsp3) is 0.440. The second-order valence-corrected chi connectivity index (χ2v) is 8.44. The summed E-state index contributed by atoms with van der Waals surface area (Å²) in [5.74, 6) is 0.271. The third-order valence-electron chi connectivity index (χ3n) is 6.42. The van der Waals surface area contributed by atoms with Crippen molar-refractivity contribution in [2.45, 2.75) is 57.2 Å². The second-order valence-electron chi connectivity index (χ2n) is 8.44. The summed E-state index contributed by atoms with van der Waals surface area (Å²) in [6.45, 7) is 0.372. The van der Waals surface area contributed by atoms with Crippen LogP contribution in [0.1, 0.15) is 55.7 Å². The first-order chi connectivity index (χ1) is 15.1. The number of hydrogen-bond acceptors (Lipinski definition) is 3. The van der Waals surface area contributed by atoms with Crippen molar-refractivity contribution in [3.8, 4) is 5.75 Å². The summed E-state index contributed by atoms with van der Waals surface area (Å²) in [6, 6.07) is 12.8. The molecule has 0 N–H and O–H groups in total. The molecule has 2 aromatic carbocycles. The maximum absolute atomic E-state index is 13.7. The van der Waals surface area contributed by atoms with Gasteiger partial charge in [-0.2, -0.15) is 0 Å². The lowest BCUT2D eigenvalue weighted by molar-refractivity contribution is -0.159. The Balaban J connectivity index is 1.66. The first-order valence-corrected chi connectivity index (χ1v) is 11.0. The van der Waals surface area contributed by atoms with Crippen molar-refractivity contribution in [3.63, 3.8) is 0 Å².